The van der Waals surface area contributed by atoms with E-state index in [1.165, 1.54) is 18.9 Å². The fourth-order valence-corrected chi connectivity index (χ4v) is 4.37. The topological polar surface area (TPSA) is 84.5 Å². The van der Waals surface area contributed by atoms with Gasteiger partial charge in [-0.3, -0.25) is 9.52 Å². The summed E-state index contributed by atoms with van der Waals surface area (Å²) in [5.74, 6) is 0.539. The molecule has 0 unspecified atom stereocenters. The molecule has 1 amide bonds. The summed E-state index contributed by atoms with van der Waals surface area (Å²) in [6.45, 7) is 1.80. The highest BCUT2D eigenvalue weighted by atomic mass is 32.2. The molecule has 0 atom stereocenters. The average Bonchev–Trinajstić information content (AvgIpc) is 3.16. The van der Waals surface area contributed by atoms with E-state index in [1.54, 1.807) is 37.3 Å². The van der Waals surface area contributed by atoms with Gasteiger partial charge in [0.2, 0.25) is 10.0 Å². The zero-order valence-electron chi connectivity index (χ0n) is 16.0. The molecule has 1 aliphatic carbocycles. The van der Waals surface area contributed by atoms with Crippen molar-refractivity contribution in [3.8, 4) is 5.75 Å². The summed E-state index contributed by atoms with van der Waals surface area (Å²) < 4.78 is 32.2. The lowest BCUT2D eigenvalue weighted by Gasteiger charge is -2.13. The molecule has 1 saturated carbocycles. The summed E-state index contributed by atoms with van der Waals surface area (Å²) in [5.41, 5.74) is 1.41. The standard InChI is InChI=1S/C21H26N2O4S/c1-2-14-28(25,26)23-18-7-5-6-16(15-18)21(24)22-17-10-12-20(13-11-17)27-19-8-3-4-9-19/h5-7,10-13,15,19,23H,2-4,8-9,14H2,1H3,(H,22,24). The van der Waals surface area contributed by atoms with E-state index in [-0.39, 0.29) is 11.7 Å². The first kappa shape index (κ1) is 20.2. The van der Waals surface area contributed by atoms with E-state index in [0.717, 1.165) is 18.6 Å². The number of amides is 1. The number of nitrogens with one attached hydrogen (secondary N) is 2. The SMILES string of the molecule is CCCS(=O)(=O)Nc1cccc(C(=O)Nc2ccc(OC3CCCC3)cc2)c1. The van der Waals surface area contributed by atoms with Gasteiger partial charge in [0.1, 0.15) is 5.75 Å². The van der Waals surface area contributed by atoms with Crippen molar-refractivity contribution in [1.29, 1.82) is 0 Å². The summed E-state index contributed by atoms with van der Waals surface area (Å²) in [6, 6.07) is 13.7. The van der Waals surface area contributed by atoms with Crippen LogP contribution < -0.4 is 14.8 Å². The zero-order chi connectivity index (χ0) is 20.0. The second-order valence-corrected chi connectivity index (χ2v) is 8.85. The summed E-state index contributed by atoms with van der Waals surface area (Å²) >= 11 is 0. The van der Waals surface area contributed by atoms with Crippen LogP contribution in [0.3, 0.4) is 0 Å². The average molecular weight is 403 g/mol. The Morgan fingerprint density at radius 1 is 1.07 bits per heavy atom. The number of ether oxygens (including phenoxy) is 1. The van der Waals surface area contributed by atoms with Crippen LogP contribution in [-0.2, 0) is 10.0 Å². The van der Waals surface area contributed by atoms with Crippen LogP contribution in [0.5, 0.6) is 5.75 Å². The third kappa shape index (κ3) is 5.73. The van der Waals surface area contributed by atoms with Gasteiger partial charge in [0.15, 0.2) is 0 Å². The Morgan fingerprint density at radius 2 is 1.79 bits per heavy atom. The van der Waals surface area contributed by atoms with E-state index < -0.39 is 10.0 Å². The predicted molar refractivity (Wildman–Crippen MR) is 111 cm³/mol. The number of hydrogen-bond donors (Lipinski definition) is 2. The molecular formula is C21H26N2O4S. The molecule has 1 aliphatic rings. The van der Waals surface area contributed by atoms with Crippen LogP contribution in [0.2, 0.25) is 0 Å². The quantitative estimate of drug-likeness (QED) is 0.685. The summed E-state index contributed by atoms with van der Waals surface area (Å²) in [4.78, 5) is 12.5. The lowest BCUT2D eigenvalue weighted by molar-refractivity contribution is 0.102. The normalized spacial score (nSPS) is 14.6. The Kier molecular flexibility index (Phi) is 6.57. The molecule has 6 nitrogen and oxygen atoms in total. The third-order valence-corrected chi connectivity index (χ3v) is 6.08. The van der Waals surface area contributed by atoms with E-state index in [9.17, 15) is 13.2 Å². The van der Waals surface area contributed by atoms with E-state index >= 15 is 0 Å². The molecule has 0 aliphatic heterocycles. The number of carbonyl (C=O) groups excluding carboxylic acids is 1. The molecule has 2 N–H and O–H groups in total. The number of hydrogen-bond acceptors (Lipinski definition) is 4. The largest absolute Gasteiger partial charge is 0.490 e. The number of carbonyl (C=O) groups is 1. The van der Waals surface area contributed by atoms with E-state index in [1.807, 2.05) is 12.1 Å². The van der Waals surface area contributed by atoms with Crippen LogP contribution in [0, 0.1) is 0 Å². The number of anilines is 2. The second kappa shape index (κ2) is 9.10. The van der Waals surface area contributed by atoms with Crippen molar-refractivity contribution in [2.24, 2.45) is 0 Å². The first-order valence-electron chi connectivity index (χ1n) is 9.64. The number of benzene rings is 2. The molecule has 0 aromatic heterocycles. The number of rotatable bonds is 8. The van der Waals surface area contributed by atoms with Gasteiger partial charge in [-0.05, 0) is 74.6 Å². The van der Waals surface area contributed by atoms with Crippen molar-refractivity contribution in [3.63, 3.8) is 0 Å². The van der Waals surface area contributed by atoms with Gasteiger partial charge in [0, 0.05) is 16.9 Å². The predicted octanol–water partition coefficient (Wildman–Crippen LogP) is 4.41. The van der Waals surface area contributed by atoms with Gasteiger partial charge < -0.3 is 10.1 Å². The second-order valence-electron chi connectivity index (χ2n) is 7.00. The number of sulfonamides is 1. The molecule has 2 aromatic carbocycles. The minimum atomic E-state index is -3.40. The van der Waals surface area contributed by atoms with Crippen molar-refractivity contribution < 1.29 is 17.9 Å². The van der Waals surface area contributed by atoms with E-state index in [2.05, 4.69) is 10.0 Å². The Labute approximate surface area is 166 Å². The smallest absolute Gasteiger partial charge is 0.255 e. The Balaban J connectivity index is 1.62. The molecule has 0 spiro atoms. The van der Waals surface area contributed by atoms with Gasteiger partial charge in [-0.2, -0.15) is 0 Å². The molecule has 0 radical (unpaired) electrons. The summed E-state index contributed by atoms with van der Waals surface area (Å²) in [5, 5.41) is 2.82. The molecule has 150 valence electrons. The van der Waals surface area contributed by atoms with E-state index in [0.29, 0.717) is 29.5 Å². The van der Waals surface area contributed by atoms with E-state index in [4.69, 9.17) is 4.74 Å². The van der Waals surface area contributed by atoms with Crippen molar-refractivity contribution in [2.75, 3.05) is 15.8 Å². The first-order valence-corrected chi connectivity index (χ1v) is 11.3. The summed E-state index contributed by atoms with van der Waals surface area (Å²) in [7, 11) is -3.40. The van der Waals surface area contributed by atoms with Gasteiger partial charge in [0.05, 0.1) is 11.9 Å². The Morgan fingerprint density at radius 3 is 2.46 bits per heavy atom. The highest BCUT2D eigenvalue weighted by Gasteiger charge is 2.16. The maximum Gasteiger partial charge on any atom is 0.255 e. The van der Waals surface area contributed by atoms with Crippen LogP contribution in [-0.4, -0.2) is 26.2 Å². The fourth-order valence-electron chi connectivity index (χ4n) is 3.24. The maximum atomic E-state index is 12.5. The van der Waals surface area contributed by atoms with Crippen molar-refractivity contribution in [2.45, 2.75) is 45.1 Å². The zero-order valence-corrected chi connectivity index (χ0v) is 16.8. The van der Waals surface area contributed by atoms with Crippen LogP contribution in [0.4, 0.5) is 11.4 Å². The maximum absolute atomic E-state index is 12.5. The van der Waals surface area contributed by atoms with Crippen LogP contribution in [0.1, 0.15) is 49.4 Å². The first-order chi connectivity index (χ1) is 13.4. The van der Waals surface area contributed by atoms with Crippen LogP contribution in [0.15, 0.2) is 48.5 Å². The Bertz CT molecular complexity index is 904. The molecule has 0 saturated heterocycles. The Hall–Kier alpha value is -2.54. The fraction of sp³-hybridized carbons (Fsp3) is 0.381. The molecular weight excluding hydrogens is 376 g/mol. The molecule has 7 heteroatoms. The van der Waals surface area contributed by atoms with Gasteiger partial charge >= 0.3 is 0 Å². The molecule has 0 heterocycles. The monoisotopic (exact) mass is 402 g/mol. The minimum absolute atomic E-state index is 0.0404. The van der Waals surface area contributed by atoms with Gasteiger partial charge in [-0.1, -0.05) is 13.0 Å². The van der Waals surface area contributed by atoms with Crippen molar-refractivity contribution in [3.05, 3.63) is 54.1 Å². The van der Waals surface area contributed by atoms with Gasteiger partial charge in [-0.15, -0.1) is 0 Å². The van der Waals surface area contributed by atoms with Gasteiger partial charge in [0.25, 0.3) is 5.91 Å². The molecule has 0 bridgehead atoms. The molecule has 2 aromatic rings. The molecule has 28 heavy (non-hydrogen) atoms. The van der Waals surface area contributed by atoms with Crippen LogP contribution in [0.25, 0.3) is 0 Å². The van der Waals surface area contributed by atoms with Crippen molar-refractivity contribution in [1.82, 2.24) is 0 Å². The third-order valence-electron chi connectivity index (χ3n) is 4.59. The lowest BCUT2D eigenvalue weighted by Crippen LogP contribution is -2.17. The summed E-state index contributed by atoms with van der Waals surface area (Å²) in [6.07, 6.45) is 5.43. The van der Waals surface area contributed by atoms with Crippen LogP contribution >= 0.6 is 0 Å². The molecule has 3 rings (SSSR count). The molecule has 1 fully saturated rings. The lowest BCUT2D eigenvalue weighted by atomic mass is 10.2. The minimum Gasteiger partial charge on any atom is -0.490 e. The highest BCUT2D eigenvalue weighted by Crippen LogP contribution is 2.25. The highest BCUT2D eigenvalue weighted by molar-refractivity contribution is 7.92. The van der Waals surface area contributed by atoms with Crippen molar-refractivity contribution >= 4 is 27.3 Å². The van der Waals surface area contributed by atoms with Gasteiger partial charge in [-0.25, -0.2) is 8.42 Å².